The minimum atomic E-state index is -1.34. The highest BCUT2D eigenvalue weighted by molar-refractivity contribution is 7.88. The van der Waals surface area contributed by atoms with Crippen molar-refractivity contribution in [1.82, 2.24) is 15.1 Å². The van der Waals surface area contributed by atoms with Gasteiger partial charge in [0.25, 0.3) is 0 Å². The number of nitrogens with zero attached hydrogens (tertiary/aromatic N) is 2. The first-order valence-corrected chi connectivity index (χ1v) is 16.4. The van der Waals surface area contributed by atoms with Crippen molar-refractivity contribution in [3.05, 3.63) is 94.5 Å². The van der Waals surface area contributed by atoms with Crippen molar-refractivity contribution in [2.45, 2.75) is 53.0 Å². The van der Waals surface area contributed by atoms with E-state index in [1.807, 2.05) is 87.5 Å². The number of piperazine rings is 1. The number of hydrogen-bond donors (Lipinski definition) is 1. The number of unbranched alkanes of at least 4 members (excludes halogenated alkanes) is 1. The van der Waals surface area contributed by atoms with Gasteiger partial charge in [-0.25, -0.2) is 0 Å². The number of hydrogen-bond acceptors (Lipinski definition) is 5. The molecule has 1 aliphatic rings. The molecule has 0 saturated carbocycles. The Labute approximate surface area is 252 Å². The Hall–Kier alpha value is -3.18. The number of Topliss-reactive ketones (excluding diaryl/α,β-unsaturated/α-hetero) is 1. The van der Waals surface area contributed by atoms with Crippen molar-refractivity contribution in [1.29, 1.82) is 0 Å². The second-order valence-corrected chi connectivity index (χ2v) is 13.4. The van der Waals surface area contributed by atoms with Crippen LogP contribution in [-0.2, 0) is 4.79 Å². The Morgan fingerprint density at radius 3 is 1.93 bits per heavy atom. The molecule has 1 fully saturated rings. The van der Waals surface area contributed by atoms with Crippen LogP contribution >= 0.6 is 7.92 Å². The van der Waals surface area contributed by atoms with Gasteiger partial charge < -0.3 is 10.2 Å². The van der Waals surface area contributed by atoms with E-state index >= 15 is 0 Å². The highest BCUT2D eigenvalue weighted by Crippen LogP contribution is 2.40. The number of nitrogens with one attached hydrogen (secondary N) is 1. The van der Waals surface area contributed by atoms with E-state index in [1.54, 1.807) is 0 Å². The zero-order valence-corrected chi connectivity index (χ0v) is 26.5. The summed E-state index contributed by atoms with van der Waals surface area (Å²) in [7, 11) is 0.740. The summed E-state index contributed by atoms with van der Waals surface area (Å²) in [5.74, 6) is -0.172. The van der Waals surface area contributed by atoms with Gasteiger partial charge in [-0.1, -0.05) is 80.1 Å². The van der Waals surface area contributed by atoms with Gasteiger partial charge in [-0.2, -0.15) is 0 Å². The van der Waals surface area contributed by atoms with E-state index in [9.17, 15) is 14.4 Å². The Morgan fingerprint density at radius 2 is 1.38 bits per heavy atom. The SMILES string of the molecule is CCCCNC(=O)C(CC(=O)c1c(C)cc(C)c(C(=O)P(c2ccccc2)c2ccccc2)c1C)N1CCN(C)CC1. The molecule has 1 aliphatic heterocycles. The summed E-state index contributed by atoms with van der Waals surface area (Å²) >= 11 is 0. The molecule has 7 heteroatoms. The zero-order chi connectivity index (χ0) is 30.2. The number of ketones is 1. The summed E-state index contributed by atoms with van der Waals surface area (Å²) in [6.07, 6.45) is 1.99. The average molecular weight is 586 g/mol. The van der Waals surface area contributed by atoms with Crippen molar-refractivity contribution >= 4 is 35.7 Å². The first-order chi connectivity index (χ1) is 20.2. The molecule has 1 unspecified atom stereocenters. The molecule has 1 heterocycles. The highest BCUT2D eigenvalue weighted by atomic mass is 31.1. The van der Waals surface area contributed by atoms with Crippen LogP contribution in [-0.4, -0.2) is 72.8 Å². The lowest BCUT2D eigenvalue weighted by molar-refractivity contribution is -0.127. The fraction of sp³-hybridized carbons (Fsp3) is 0.400. The molecule has 0 aliphatic carbocycles. The van der Waals surface area contributed by atoms with Crippen molar-refractivity contribution in [2.24, 2.45) is 0 Å². The Bertz CT molecular complexity index is 1350. The maximum Gasteiger partial charge on any atom is 0.237 e. The van der Waals surface area contributed by atoms with Gasteiger partial charge in [0.2, 0.25) is 5.91 Å². The number of aryl methyl sites for hydroxylation is 2. The standard InChI is InChI=1S/C35H44N3O3P/c1-6-7-18-36-34(40)30(38-21-19-37(5)20-22-38)24-31(39)32-25(2)23-26(3)33(27(32)4)35(41)42(28-14-10-8-11-15-28)29-16-12-9-13-17-29/h8-17,23,30H,6-7,18-22,24H2,1-5H3,(H,36,40). The average Bonchev–Trinajstić information content (AvgIpc) is 2.97. The number of carbonyl (C=O) groups is 3. The molecule has 222 valence electrons. The van der Waals surface area contributed by atoms with Crippen LogP contribution in [0.1, 0.15) is 63.6 Å². The van der Waals surface area contributed by atoms with Crippen LogP contribution in [0.5, 0.6) is 0 Å². The third-order valence-corrected chi connectivity index (χ3v) is 10.4. The van der Waals surface area contributed by atoms with Crippen LogP contribution < -0.4 is 15.9 Å². The van der Waals surface area contributed by atoms with Crippen LogP contribution in [0.3, 0.4) is 0 Å². The van der Waals surface area contributed by atoms with Gasteiger partial charge in [-0.05, 0) is 61.5 Å². The van der Waals surface area contributed by atoms with Crippen molar-refractivity contribution in [2.75, 3.05) is 39.8 Å². The first-order valence-electron chi connectivity index (χ1n) is 15.0. The number of rotatable bonds is 12. The fourth-order valence-electron chi connectivity index (χ4n) is 5.90. The second kappa shape index (κ2) is 14.8. The summed E-state index contributed by atoms with van der Waals surface area (Å²) < 4.78 is 0. The van der Waals surface area contributed by atoms with E-state index in [2.05, 4.69) is 29.1 Å². The Balaban J connectivity index is 1.70. The van der Waals surface area contributed by atoms with E-state index < -0.39 is 14.0 Å². The summed E-state index contributed by atoms with van der Waals surface area (Å²) in [6.45, 7) is 11.7. The molecule has 6 nitrogen and oxygen atoms in total. The van der Waals surface area contributed by atoms with Crippen molar-refractivity contribution < 1.29 is 14.4 Å². The molecule has 1 saturated heterocycles. The van der Waals surface area contributed by atoms with E-state index in [1.165, 1.54) is 0 Å². The molecule has 1 atom stereocenters. The lowest BCUT2D eigenvalue weighted by atomic mass is 9.89. The normalized spacial score (nSPS) is 15.0. The molecule has 4 rings (SSSR count). The summed E-state index contributed by atoms with van der Waals surface area (Å²) in [5, 5.41) is 5.03. The first kappa shape index (κ1) is 31.7. The highest BCUT2D eigenvalue weighted by Gasteiger charge is 2.33. The Kier molecular flexibility index (Phi) is 11.2. The van der Waals surface area contributed by atoms with E-state index in [0.717, 1.165) is 60.8 Å². The van der Waals surface area contributed by atoms with E-state index in [0.29, 0.717) is 23.2 Å². The molecule has 1 amide bonds. The maximum absolute atomic E-state index is 14.5. The van der Waals surface area contributed by atoms with Gasteiger partial charge in [0.05, 0.1) is 6.04 Å². The van der Waals surface area contributed by atoms with Gasteiger partial charge in [-0.3, -0.25) is 19.3 Å². The molecule has 3 aromatic carbocycles. The fourth-order valence-corrected chi connectivity index (χ4v) is 8.17. The maximum atomic E-state index is 14.5. The smallest absolute Gasteiger partial charge is 0.237 e. The topological polar surface area (TPSA) is 69.7 Å². The monoisotopic (exact) mass is 585 g/mol. The zero-order valence-electron chi connectivity index (χ0n) is 25.7. The third-order valence-electron chi connectivity index (χ3n) is 8.19. The molecule has 0 spiro atoms. The van der Waals surface area contributed by atoms with Gasteiger partial charge in [0, 0.05) is 58.2 Å². The summed E-state index contributed by atoms with van der Waals surface area (Å²) in [5.41, 5.74) is 3.66. The van der Waals surface area contributed by atoms with Crippen LogP contribution in [0.2, 0.25) is 0 Å². The van der Waals surface area contributed by atoms with Gasteiger partial charge >= 0.3 is 0 Å². The van der Waals surface area contributed by atoms with Crippen LogP contribution in [0, 0.1) is 20.8 Å². The molecule has 3 aromatic rings. The minimum Gasteiger partial charge on any atom is -0.355 e. The molecular formula is C35H44N3O3P. The summed E-state index contributed by atoms with van der Waals surface area (Å²) in [4.78, 5) is 46.4. The molecule has 1 N–H and O–H groups in total. The molecule has 0 bridgehead atoms. The summed E-state index contributed by atoms with van der Waals surface area (Å²) in [6, 6.07) is 21.3. The van der Waals surface area contributed by atoms with Crippen LogP contribution in [0.4, 0.5) is 0 Å². The second-order valence-electron chi connectivity index (χ2n) is 11.3. The lowest BCUT2D eigenvalue weighted by Crippen LogP contribution is -2.55. The number of amides is 1. The van der Waals surface area contributed by atoms with E-state index in [4.69, 9.17) is 0 Å². The van der Waals surface area contributed by atoms with E-state index in [-0.39, 0.29) is 23.6 Å². The molecule has 0 aromatic heterocycles. The van der Waals surface area contributed by atoms with Gasteiger partial charge in [-0.15, -0.1) is 0 Å². The lowest BCUT2D eigenvalue weighted by Gasteiger charge is -2.37. The number of benzene rings is 3. The van der Waals surface area contributed by atoms with Crippen LogP contribution in [0.25, 0.3) is 0 Å². The predicted molar refractivity (Wildman–Crippen MR) is 174 cm³/mol. The third kappa shape index (κ3) is 7.42. The Morgan fingerprint density at radius 1 is 0.833 bits per heavy atom. The van der Waals surface area contributed by atoms with Gasteiger partial charge in [0.1, 0.15) is 0 Å². The predicted octanol–water partition coefficient (Wildman–Crippen LogP) is 4.99. The quantitative estimate of drug-likeness (QED) is 0.184. The van der Waals surface area contributed by atoms with Crippen LogP contribution in [0.15, 0.2) is 66.7 Å². The molecular weight excluding hydrogens is 541 g/mol. The molecule has 42 heavy (non-hydrogen) atoms. The van der Waals surface area contributed by atoms with Gasteiger partial charge in [0.15, 0.2) is 11.3 Å². The molecule has 0 radical (unpaired) electrons. The minimum absolute atomic E-state index is 0.0411. The van der Waals surface area contributed by atoms with Crippen molar-refractivity contribution in [3.8, 4) is 0 Å². The largest absolute Gasteiger partial charge is 0.355 e. The van der Waals surface area contributed by atoms with Crippen molar-refractivity contribution in [3.63, 3.8) is 0 Å². The number of carbonyl (C=O) groups excluding carboxylic acids is 3. The number of likely N-dealkylation sites (N-methyl/N-ethyl adjacent to an activating group) is 1.